The van der Waals surface area contributed by atoms with E-state index in [1.165, 1.54) is 0 Å². The molecule has 1 rings (SSSR count). The van der Waals surface area contributed by atoms with Crippen molar-refractivity contribution < 1.29 is 19.4 Å². The highest BCUT2D eigenvalue weighted by atomic mass is 16.5. The van der Waals surface area contributed by atoms with Crippen LogP contribution in [-0.2, 0) is 14.3 Å². The van der Waals surface area contributed by atoms with Gasteiger partial charge >= 0.3 is 0 Å². The lowest BCUT2D eigenvalue weighted by molar-refractivity contribution is -0.138. The van der Waals surface area contributed by atoms with E-state index in [4.69, 9.17) is 9.47 Å². The Labute approximate surface area is 96.9 Å². The third-order valence-electron chi connectivity index (χ3n) is 3.28. The Kier molecular flexibility index (Phi) is 5.38. The number of ether oxygens (including phenoxy) is 2. The van der Waals surface area contributed by atoms with Crippen LogP contribution >= 0.6 is 0 Å². The first-order valence-corrected chi connectivity index (χ1v) is 5.96. The Hall–Kier alpha value is -0.450. The second-order valence-electron chi connectivity index (χ2n) is 4.35. The summed E-state index contributed by atoms with van der Waals surface area (Å²) in [5.74, 6) is 0.103. The summed E-state index contributed by atoms with van der Waals surface area (Å²) in [5.41, 5.74) is 0. The van der Waals surface area contributed by atoms with Crippen LogP contribution < -0.4 is 0 Å². The van der Waals surface area contributed by atoms with Gasteiger partial charge in [-0.05, 0) is 33.1 Å². The predicted molar refractivity (Wildman–Crippen MR) is 60.2 cm³/mol. The third kappa shape index (κ3) is 3.27. The Morgan fingerprint density at radius 1 is 1.50 bits per heavy atom. The van der Waals surface area contributed by atoms with Gasteiger partial charge in [-0.15, -0.1) is 0 Å². The molecule has 0 aromatic rings. The Morgan fingerprint density at radius 3 is 2.75 bits per heavy atom. The maximum Gasteiger partial charge on any atom is 0.164 e. The first-order chi connectivity index (χ1) is 7.60. The predicted octanol–water partition coefficient (Wildman–Crippen LogP) is 1.16. The summed E-state index contributed by atoms with van der Waals surface area (Å²) in [7, 11) is 1.58. The molecule has 1 aliphatic rings. The van der Waals surface area contributed by atoms with Crippen molar-refractivity contribution in [3.63, 3.8) is 0 Å². The van der Waals surface area contributed by atoms with E-state index in [0.29, 0.717) is 19.4 Å². The average Bonchev–Trinajstić information content (AvgIpc) is 2.29. The molecule has 0 bridgehead atoms. The van der Waals surface area contributed by atoms with Gasteiger partial charge < -0.3 is 14.6 Å². The van der Waals surface area contributed by atoms with E-state index in [1.54, 1.807) is 14.0 Å². The topological polar surface area (TPSA) is 55.8 Å². The lowest BCUT2D eigenvalue weighted by atomic mass is 9.81. The van der Waals surface area contributed by atoms with Gasteiger partial charge in [0.05, 0.1) is 12.2 Å². The molecule has 4 heteroatoms. The number of hydrogen-bond acceptors (Lipinski definition) is 4. The van der Waals surface area contributed by atoms with Crippen LogP contribution in [0.4, 0.5) is 0 Å². The summed E-state index contributed by atoms with van der Waals surface area (Å²) < 4.78 is 10.5. The van der Waals surface area contributed by atoms with Gasteiger partial charge in [0.1, 0.15) is 6.10 Å². The lowest BCUT2D eigenvalue weighted by Crippen LogP contribution is -2.40. The van der Waals surface area contributed by atoms with E-state index >= 15 is 0 Å². The van der Waals surface area contributed by atoms with E-state index in [9.17, 15) is 9.90 Å². The molecule has 0 saturated heterocycles. The standard InChI is InChI=1S/C12H22O4/c1-4-16-8(2)12(14)9-5-6-10(13)11(7-9)15-3/h8-11,13H,4-7H2,1-3H3/t8-,9?,10?,11?/m0/s1. The summed E-state index contributed by atoms with van der Waals surface area (Å²) in [5, 5.41) is 9.64. The molecular formula is C12H22O4. The quantitative estimate of drug-likeness (QED) is 0.770. The monoisotopic (exact) mass is 230 g/mol. The number of ketones is 1. The number of rotatable bonds is 5. The summed E-state index contributed by atoms with van der Waals surface area (Å²) in [6.45, 7) is 4.22. The van der Waals surface area contributed by atoms with Gasteiger partial charge in [0.15, 0.2) is 5.78 Å². The van der Waals surface area contributed by atoms with E-state index in [2.05, 4.69) is 0 Å². The molecule has 1 fully saturated rings. The Balaban J connectivity index is 2.51. The van der Waals surface area contributed by atoms with Crippen LogP contribution in [-0.4, -0.2) is 42.9 Å². The van der Waals surface area contributed by atoms with Gasteiger partial charge in [0.2, 0.25) is 0 Å². The molecule has 1 N–H and O–H groups in total. The first kappa shape index (κ1) is 13.6. The van der Waals surface area contributed by atoms with Gasteiger partial charge in [0, 0.05) is 19.6 Å². The fraction of sp³-hybridized carbons (Fsp3) is 0.917. The zero-order valence-electron chi connectivity index (χ0n) is 10.3. The molecule has 94 valence electrons. The van der Waals surface area contributed by atoms with Gasteiger partial charge in [0.25, 0.3) is 0 Å². The minimum absolute atomic E-state index is 0.0325. The Morgan fingerprint density at radius 2 is 2.19 bits per heavy atom. The molecule has 0 aromatic heterocycles. The number of aliphatic hydroxyl groups excluding tert-OH is 1. The smallest absolute Gasteiger partial charge is 0.164 e. The van der Waals surface area contributed by atoms with Crippen molar-refractivity contribution in [1.82, 2.24) is 0 Å². The highest BCUT2D eigenvalue weighted by molar-refractivity contribution is 5.85. The fourth-order valence-corrected chi connectivity index (χ4v) is 2.29. The number of aliphatic hydroxyl groups is 1. The van der Waals surface area contributed by atoms with Crippen molar-refractivity contribution in [1.29, 1.82) is 0 Å². The molecule has 0 aliphatic heterocycles. The first-order valence-electron chi connectivity index (χ1n) is 5.96. The van der Waals surface area contributed by atoms with E-state index < -0.39 is 6.10 Å². The van der Waals surface area contributed by atoms with Gasteiger partial charge in [-0.3, -0.25) is 4.79 Å². The molecule has 4 atom stereocenters. The zero-order valence-corrected chi connectivity index (χ0v) is 10.3. The summed E-state index contributed by atoms with van der Waals surface area (Å²) in [4.78, 5) is 12.0. The van der Waals surface area contributed by atoms with Gasteiger partial charge in [-0.2, -0.15) is 0 Å². The highest BCUT2D eigenvalue weighted by Crippen LogP contribution is 2.28. The molecule has 0 aromatic carbocycles. The molecule has 0 amide bonds. The molecule has 0 heterocycles. The van der Waals surface area contributed by atoms with Gasteiger partial charge in [-0.1, -0.05) is 0 Å². The second kappa shape index (κ2) is 6.33. The lowest BCUT2D eigenvalue weighted by Gasteiger charge is -2.32. The Bertz CT molecular complexity index is 229. The van der Waals surface area contributed by atoms with Gasteiger partial charge in [-0.25, -0.2) is 0 Å². The maximum absolute atomic E-state index is 12.0. The third-order valence-corrected chi connectivity index (χ3v) is 3.28. The van der Waals surface area contributed by atoms with Crippen molar-refractivity contribution >= 4 is 5.78 Å². The van der Waals surface area contributed by atoms with Crippen LogP contribution in [0.3, 0.4) is 0 Å². The molecule has 1 saturated carbocycles. The average molecular weight is 230 g/mol. The maximum atomic E-state index is 12.0. The fourth-order valence-electron chi connectivity index (χ4n) is 2.29. The van der Waals surface area contributed by atoms with E-state index in [1.807, 2.05) is 6.92 Å². The van der Waals surface area contributed by atoms with E-state index in [-0.39, 0.29) is 23.9 Å². The number of carbonyl (C=O) groups is 1. The van der Waals surface area contributed by atoms with Crippen molar-refractivity contribution in [2.45, 2.75) is 51.4 Å². The number of Topliss-reactive ketones (excluding diaryl/α,β-unsaturated/α-hetero) is 1. The SMILES string of the molecule is CCO[C@@H](C)C(=O)C1CCC(O)C(OC)C1. The van der Waals surface area contributed by atoms with Crippen molar-refractivity contribution in [2.24, 2.45) is 5.92 Å². The second-order valence-corrected chi connectivity index (χ2v) is 4.35. The van der Waals surface area contributed by atoms with Crippen molar-refractivity contribution in [2.75, 3.05) is 13.7 Å². The summed E-state index contributed by atoms with van der Waals surface area (Å²) in [6.07, 6.45) is 0.981. The molecule has 0 spiro atoms. The normalized spacial score (nSPS) is 32.4. The van der Waals surface area contributed by atoms with Crippen LogP contribution in [0.5, 0.6) is 0 Å². The minimum atomic E-state index is -0.434. The van der Waals surface area contributed by atoms with Crippen LogP contribution in [0.25, 0.3) is 0 Å². The zero-order chi connectivity index (χ0) is 12.1. The van der Waals surface area contributed by atoms with Crippen molar-refractivity contribution in [3.8, 4) is 0 Å². The van der Waals surface area contributed by atoms with Crippen LogP contribution in [0, 0.1) is 5.92 Å². The molecule has 3 unspecified atom stereocenters. The molecule has 4 nitrogen and oxygen atoms in total. The van der Waals surface area contributed by atoms with Crippen LogP contribution in [0.2, 0.25) is 0 Å². The molecule has 16 heavy (non-hydrogen) atoms. The number of hydrogen-bond donors (Lipinski definition) is 1. The number of carbonyl (C=O) groups excluding carboxylic acids is 1. The minimum Gasteiger partial charge on any atom is -0.390 e. The molecule has 1 aliphatic carbocycles. The number of methoxy groups -OCH3 is 1. The van der Waals surface area contributed by atoms with E-state index in [0.717, 1.165) is 6.42 Å². The van der Waals surface area contributed by atoms with Crippen LogP contribution in [0.15, 0.2) is 0 Å². The largest absolute Gasteiger partial charge is 0.390 e. The summed E-state index contributed by atoms with van der Waals surface area (Å²) in [6, 6.07) is 0. The highest BCUT2D eigenvalue weighted by Gasteiger charge is 2.34. The summed E-state index contributed by atoms with van der Waals surface area (Å²) >= 11 is 0. The molecule has 0 radical (unpaired) electrons. The van der Waals surface area contributed by atoms with Crippen LogP contribution in [0.1, 0.15) is 33.1 Å². The molecular weight excluding hydrogens is 208 g/mol. The van der Waals surface area contributed by atoms with Crippen molar-refractivity contribution in [3.05, 3.63) is 0 Å².